The lowest BCUT2D eigenvalue weighted by Crippen LogP contribution is -2.32. The summed E-state index contributed by atoms with van der Waals surface area (Å²) in [5.74, 6) is 1.65. The van der Waals surface area contributed by atoms with Gasteiger partial charge >= 0.3 is 0 Å². The van der Waals surface area contributed by atoms with Crippen molar-refractivity contribution in [3.05, 3.63) is 17.6 Å². The molecule has 0 aliphatic heterocycles. The predicted octanol–water partition coefficient (Wildman–Crippen LogP) is 2.16. The Kier molecular flexibility index (Phi) is 4.75. The van der Waals surface area contributed by atoms with E-state index in [0.717, 1.165) is 31.6 Å². The van der Waals surface area contributed by atoms with Crippen LogP contribution in [-0.4, -0.2) is 29.6 Å². The largest absolute Gasteiger partial charge is 0.359 e. The summed E-state index contributed by atoms with van der Waals surface area (Å²) in [5.41, 5.74) is 8.72. The molecule has 1 unspecified atom stereocenters. The average Bonchev–Trinajstić information content (AvgIpc) is 2.43. The molecule has 2 rings (SSSR count). The lowest BCUT2D eigenvalue weighted by atomic mass is 9.96. The maximum atomic E-state index is 6.12. The molecule has 1 aliphatic carbocycles. The zero-order chi connectivity index (χ0) is 13.8. The first kappa shape index (κ1) is 14.3. The molecule has 0 amide bonds. The van der Waals surface area contributed by atoms with Gasteiger partial charge in [0, 0.05) is 30.9 Å². The second kappa shape index (κ2) is 6.33. The number of hydrogen-bond donors (Lipinski definition) is 1. The van der Waals surface area contributed by atoms with Crippen molar-refractivity contribution < 1.29 is 0 Å². The van der Waals surface area contributed by atoms with Crippen LogP contribution in [0, 0.1) is 5.92 Å². The summed E-state index contributed by atoms with van der Waals surface area (Å²) in [6.45, 7) is 5.32. The standard InChI is InChI=1S/C15H26N4/c1-11(2)13(16)8-9-19(3)15-12-6-4-5-7-14(12)17-10-18-15/h10-11,13H,4-9,16H2,1-3H3. The molecule has 0 fully saturated rings. The van der Waals surface area contributed by atoms with Crippen LogP contribution in [0.5, 0.6) is 0 Å². The fourth-order valence-corrected chi connectivity index (χ4v) is 2.61. The van der Waals surface area contributed by atoms with Crippen LogP contribution < -0.4 is 10.6 Å². The minimum Gasteiger partial charge on any atom is -0.359 e. The van der Waals surface area contributed by atoms with Gasteiger partial charge in [0.25, 0.3) is 0 Å². The van der Waals surface area contributed by atoms with Gasteiger partial charge in [0.15, 0.2) is 0 Å². The number of rotatable bonds is 5. The first-order valence-corrected chi connectivity index (χ1v) is 7.39. The molecule has 4 nitrogen and oxygen atoms in total. The Hall–Kier alpha value is -1.16. The quantitative estimate of drug-likeness (QED) is 0.883. The fourth-order valence-electron chi connectivity index (χ4n) is 2.61. The monoisotopic (exact) mass is 262 g/mol. The second-order valence-electron chi connectivity index (χ2n) is 5.95. The van der Waals surface area contributed by atoms with Crippen LogP contribution >= 0.6 is 0 Å². The molecule has 19 heavy (non-hydrogen) atoms. The normalized spacial score (nSPS) is 16.3. The van der Waals surface area contributed by atoms with Gasteiger partial charge in [-0.2, -0.15) is 0 Å². The summed E-state index contributed by atoms with van der Waals surface area (Å²) >= 11 is 0. The van der Waals surface area contributed by atoms with E-state index in [1.807, 2.05) is 0 Å². The highest BCUT2D eigenvalue weighted by Crippen LogP contribution is 2.26. The number of fused-ring (bicyclic) bond motifs is 1. The van der Waals surface area contributed by atoms with Gasteiger partial charge in [-0.25, -0.2) is 9.97 Å². The zero-order valence-corrected chi connectivity index (χ0v) is 12.4. The summed E-state index contributed by atoms with van der Waals surface area (Å²) in [6.07, 6.45) is 7.44. The molecule has 1 aromatic rings. The highest BCUT2D eigenvalue weighted by Gasteiger charge is 2.18. The van der Waals surface area contributed by atoms with Crippen LogP contribution in [-0.2, 0) is 12.8 Å². The first-order valence-electron chi connectivity index (χ1n) is 7.39. The summed E-state index contributed by atoms with van der Waals surface area (Å²) in [7, 11) is 2.12. The zero-order valence-electron chi connectivity index (χ0n) is 12.4. The van der Waals surface area contributed by atoms with Crippen LogP contribution in [0.2, 0.25) is 0 Å². The van der Waals surface area contributed by atoms with Gasteiger partial charge in [-0.15, -0.1) is 0 Å². The number of aromatic nitrogens is 2. The lowest BCUT2D eigenvalue weighted by molar-refractivity contribution is 0.465. The van der Waals surface area contributed by atoms with Crippen LogP contribution in [0.3, 0.4) is 0 Å². The minimum absolute atomic E-state index is 0.264. The second-order valence-corrected chi connectivity index (χ2v) is 5.95. The molecule has 4 heteroatoms. The SMILES string of the molecule is CC(C)C(N)CCN(C)c1ncnc2c1CCCC2. The van der Waals surface area contributed by atoms with Crippen LogP contribution in [0.1, 0.15) is 44.4 Å². The van der Waals surface area contributed by atoms with Gasteiger partial charge < -0.3 is 10.6 Å². The molecule has 0 saturated carbocycles. The average molecular weight is 262 g/mol. The van der Waals surface area contributed by atoms with Crippen molar-refractivity contribution in [2.75, 3.05) is 18.5 Å². The van der Waals surface area contributed by atoms with E-state index in [2.05, 4.69) is 35.8 Å². The van der Waals surface area contributed by atoms with Gasteiger partial charge in [-0.1, -0.05) is 13.8 Å². The molecule has 2 N–H and O–H groups in total. The van der Waals surface area contributed by atoms with Crippen molar-refractivity contribution in [1.29, 1.82) is 0 Å². The van der Waals surface area contributed by atoms with E-state index in [9.17, 15) is 0 Å². The predicted molar refractivity (Wildman–Crippen MR) is 79.4 cm³/mol. The molecule has 1 atom stereocenters. The van der Waals surface area contributed by atoms with E-state index in [1.165, 1.54) is 24.1 Å². The van der Waals surface area contributed by atoms with Gasteiger partial charge in [0.2, 0.25) is 0 Å². The Labute approximate surface area is 116 Å². The third kappa shape index (κ3) is 3.44. The van der Waals surface area contributed by atoms with E-state index in [4.69, 9.17) is 5.73 Å². The molecule has 0 saturated heterocycles. The van der Waals surface area contributed by atoms with Crippen LogP contribution in [0.15, 0.2) is 6.33 Å². The lowest BCUT2D eigenvalue weighted by Gasteiger charge is -2.26. The van der Waals surface area contributed by atoms with Crippen molar-refractivity contribution in [2.24, 2.45) is 11.7 Å². The number of nitrogens with zero attached hydrogens (tertiary/aromatic N) is 3. The third-order valence-electron chi connectivity index (χ3n) is 4.12. The molecule has 1 aliphatic rings. The summed E-state index contributed by atoms with van der Waals surface area (Å²) in [5, 5.41) is 0. The van der Waals surface area contributed by atoms with Crippen LogP contribution in [0.4, 0.5) is 5.82 Å². The highest BCUT2D eigenvalue weighted by atomic mass is 15.2. The van der Waals surface area contributed by atoms with Gasteiger partial charge in [0.1, 0.15) is 12.1 Å². The summed E-state index contributed by atoms with van der Waals surface area (Å²) in [6, 6.07) is 0.264. The van der Waals surface area contributed by atoms with E-state index in [-0.39, 0.29) is 6.04 Å². The van der Waals surface area contributed by atoms with E-state index in [1.54, 1.807) is 6.33 Å². The summed E-state index contributed by atoms with van der Waals surface area (Å²) in [4.78, 5) is 11.2. The molecule has 0 radical (unpaired) electrons. The number of aryl methyl sites for hydroxylation is 1. The molecular weight excluding hydrogens is 236 g/mol. The number of hydrogen-bond acceptors (Lipinski definition) is 4. The molecule has 0 bridgehead atoms. The maximum Gasteiger partial charge on any atom is 0.135 e. The Morgan fingerprint density at radius 3 is 2.74 bits per heavy atom. The van der Waals surface area contributed by atoms with Gasteiger partial charge in [-0.05, 0) is 38.0 Å². The number of anilines is 1. The highest BCUT2D eigenvalue weighted by molar-refractivity contribution is 5.48. The van der Waals surface area contributed by atoms with E-state index in [0.29, 0.717) is 5.92 Å². The minimum atomic E-state index is 0.264. The van der Waals surface area contributed by atoms with Crippen molar-refractivity contribution in [3.63, 3.8) is 0 Å². The van der Waals surface area contributed by atoms with Crippen molar-refractivity contribution in [1.82, 2.24) is 9.97 Å². The topological polar surface area (TPSA) is 55.0 Å². The molecule has 1 heterocycles. The Balaban J connectivity index is 2.05. The van der Waals surface area contributed by atoms with E-state index >= 15 is 0 Å². The fraction of sp³-hybridized carbons (Fsp3) is 0.733. The van der Waals surface area contributed by atoms with Crippen molar-refractivity contribution in [2.45, 2.75) is 52.0 Å². The molecule has 106 valence electrons. The Bertz CT molecular complexity index is 417. The maximum absolute atomic E-state index is 6.12. The van der Waals surface area contributed by atoms with Gasteiger partial charge in [-0.3, -0.25) is 0 Å². The third-order valence-corrected chi connectivity index (χ3v) is 4.12. The first-order chi connectivity index (χ1) is 9.09. The van der Waals surface area contributed by atoms with Crippen molar-refractivity contribution in [3.8, 4) is 0 Å². The smallest absolute Gasteiger partial charge is 0.135 e. The molecule has 0 spiro atoms. The Morgan fingerprint density at radius 2 is 2.00 bits per heavy atom. The Morgan fingerprint density at radius 1 is 1.26 bits per heavy atom. The molecule has 1 aromatic heterocycles. The van der Waals surface area contributed by atoms with Gasteiger partial charge in [0.05, 0.1) is 0 Å². The van der Waals surface area contributed by atoms with Crippen molar-refractivity contribution >= 4 is 5.82 Å². The number of nitrogens with two attached hydrogens (primary N) is 1. The molecule has 0 aromatic carbocycles. The molecular formula is C15H26N4. The summed E-state index contributed by atoms with van der Waals surface area (Å²) < 4.78 is 0. The van der Waals surface area contributed by atoms with Crippen LogP contribution in [0.25, 0.3) is 0 Å². The van der Waals surface area contributed by atoms with E-state index < -0.39 is 0 Å².